The summed E-state index contributed by atoms with van der Waals surface area (Å²) in [6, 6.07) is 14.1. The summed E-state index contributed by atoms with van der Waals surface area (Å²) in [7, 11) is 2.05. The van der Waals surface area contributed by atoms with Gasteiger partial charge in [-0.1, -0.05) is 30.3 Å². The van der Waals surface area contributed by atoms with E-state index in [4.69, 9.17) is 4.42 Å². The molecule has 0 N–H and O–H groups in total. The summed E-state index contributed by atoms with van der Waals surface area (Å²) in [5.74, 6) is -0.525. The molecule has 1 aliphatic heterocycles. The minimum absolute atomic E-state index is 0.00507. The largest absolute Gasteiger partial charge is 0.419 e. The van der Waals surface area contributed by atoms with Gasteiger partial charge in [0, 0.05) is 38.7 Å². The van der Waals surface area contributed by atoms with E-state index < -0.39 is 10.7 Å². The number of nitro benzene ring substituents is 1. The Morgan fingerprint density at radius 1 is 1.19 bits per heavy atom. The number of non-ortho nitro benzene ring substituents is 1. The molecule has 1 fully saturated rings. The number of oxazole rings is 1. The van der Waals surface area contributed by atoms with Gasteiger partial charge >= 0.3 is 5.76 Å². The monoisotopic (exact) mass is 424 g/mol. The molecule has 2 heterocycles. The Morgan fingerprint density at radius 3 is 2.71 bits per heavy atom. The number of hydrogen-bond donors (Lipinski definition) is 0. The van der Waals surface area contributed by atoms with E-state index in [0.29, 0.717) is 31.4 Å². The second-order valence-corrected chi connectivity index (χ2v) is 7.81. The zero-order chi connectivity index (χ0) is 22.0. The van der Waals surface area contributed by atoms with Crippen molar-refractivity contribution in [3.05, 3.63) is 74.8 Å². The van der Waals surface area contributed by atoms with Crippen LogP contribution in [0, 0.1) is 10.1 Å². The normalized spacial score (nSPS) is 17.2. The van der Waals surface area contributed by atoms with Crippen LogP contribution in [0.3, 0.4) is 0 Å². The first kappa shape index (κ1) is 20.8. The highest BCUT2D eigenvalue weighted by atomic mass is 16.6. The third kappa shape index (κ3) is 4.36. The smallest absolute Gasteiger partial charge is 0.407 e. The van der Waals surface area contributed by atoms with Gasteiger partial charge in [0.1, 0.15) is 0 Å². The van der Waals surface area contributed by atoms with Crippen molar-refractivity contribution in [2.75, 3.05) is 26.7 Å². The lowest BCUT2D eigenvalue weighted by molar-refractivity contribution is -0.384. The highest BCUT2D eigenvalue weighted by Gasteiger charge is 2.29. The van der Waals surface area contributed by atoms with E-state index >= 15 is 0 Å². The van der Waals surface area contributed by atoms with Crippen LogP contribution in [0.1, 0.15) is 24.4 Å². The molecule has 0 radical (unpaired) electrons. The van der Waals surface area contributed by atoms with Gasteiger partial charge in [-0.05, 0) is 25.1 Å². The molecule has 31 heavy (non-hydrogen) atoms. The summed E-state index contributed by atoms with van der Waals surface area (Å²) in [4.78, 5) is 39.7. The number of amides is 1. The number of fused-ring (bicyclic) bond motifs is 1. The standard InChI is InChI=1S/C22H24N4O5/c1-23-12-13-24(19(15-23)16-6-3-2-4-7-16)21(27)8-5-11-25-18-10-9-17(26(29)30)14-20(18)31-22(25)28/h2-4,6-7,9-10,14,19H,5,8,11-13,15H2,1H3/t19-/m0/s1. The van der Waals surface area contributed by atoms with Gasteiger partial charge in [0.2, 0.25) is 5.91 Å². The summed E-state index contributed by atoms with van der Waals surface area (Å²) < 4.78 is 6.57. The second kappa shape index (κ2) is 8.73. The summed E-state index contributed by atoms with van der Waals surface area (Å²) in [6.45, 7) is 2.56. The van der Waals surface area contributed by atoms with Crippen molar-refractivity contribution >= 4 is 22.7 Å². The van der Waals surface area contributed by atoms with Crippen LogP contribution in [-0.2, 0) is 11.3 Å². The summed E-state index contributed by atoms with van der Waals surface area (Å²) in [5.41, 5.74) is 1.64. The Labute approximate surface area is 178 Å². The van der Waals surface area contributed by atoms with Gasteiger partial charge in [-0.15, -0.1) is 0 Å². The number of hydrogen-bond acceptors (Lipinski definition) is 6. The molecule has 0 aliphatic carbocycles. The fourth-order valence-corrected chi connectivity index (χ4v) is 4.09. The number of carbonyl (C=O) groups is 1. The van der Waals surface area contributed by atoms with Crippen molar-refractivity contribution in [2.24, 2.45) is 0 Å². The minimum Gasteiger partial charge on any atom is -0.407 e. The lowest BCUT2D eigenvalue weighted by Crippen LogP contribution is -2.49. The quantitative estimate of drug-likeness (QED) is 0.445. The molecule has 0 unspecified atom stereocenters. The van der Waals surface area contributed by atoms with Crippen LogP contribution in [-0.4, -0.2) is 51.9 Å². The highest BCUT2D eigenvalue weighted by Crippen LogP contribution is 2.26. The number of aromatic nitrogens is 1. The van der Waals surface area contributed by atoms with Crippen LogP contribution in [0.5, 0.6) is 0 Å². The van der Waals surface area contributed by atoms with Crippen LogP contribution < -0.4 is 5.76 Å². The number of carbonyl (C=O) groups excluding carboxylic acids is 1. The number of nitrogens with zero attached hydrogens (tertiary/aromatic N) is 4. The molecule has 9 nitrogen and oxygen atoms in total. The fraction of sp³-hybridized carbons (Fsp3) is 0.364. The van der Waals surface area contributed by atoms with E-state index in [0.717, 1.165) is 18.7 Å². The molecule has 9 heteroatoms. The third-order valence-corrected chi connectivity index (χ3v) is 5.72. The predicted octanol–water partition coefficient (Wildman–Crippen LogP) is 2.80. The first-order valence-electron chi connectivity index (χ1n) is 10.2. The van der Waals surface area contributed by atoms with Crippen molar-refractivity contribution in [2.45, 2.75) is 25.4 Å². The Bertz CT molecular complexity index is 1150. The third-order valence-electron chi connectivity index (χ3n) is 5.72. The highest BCUT2D eigenvalue weighted by molar-refractivity contribution is 5.77. The molecule has 2 aromatic carbocycles. The molecule has 1 atom stereocenters. The van der Waals surface area contributed by atoms with Crippen molar-refractivity contribution < 1.29 is 14.1 Å². The maximum absolute atomic E-state index is 13.0. The van der Waals surface area contributed by atoms with Gasteiger partial charge in [-0.3, -0.25) is 19.5 Å². The molecule has 1 aliphatic rings. The molecule has 1 saturated heterocycles. The molecule has 0 bridgehead atoms. The molecule has 0 saturated carbocycles. The molecule has 162 valence electrons. The lowest BCUT2D eigenvalue weighted by Gasteiger charge is -2.40. The molecule has 1 aromatic heterocycles. The molecule has 0 spiro atoms. The summed E-state index contributed by atoms with van der Waals surface area (Å²) >= 11 is 0. The van der Waals surface area contributed by atoms with E-state index in [1.54, 1.807) is 0 Å². The molecular formula is C22H24N4O5. The lowest BCUT2D eigenvalue weighted by atomic mass is 10.0. The first-order chi connectivity index (χ1) is 14.9. The predicted molar refractivity (Wildman–Crippen MR) is 115 cm³/mol. The van der Waals surface area contributed by atoms with Gasteiger partial charge < -0.3 is 14.2 Å². The van der Waals surface area contributed by atoms with Gasteiger partial charge in [-0.2, -0.15) is 0 Å². The van der Waals surface area contributed by atoms with Crippen LogP contribution in [0.4, 0.5) is 5.69 Å². The maximum Gasteiger partial charge on any atom is 0.419 e. The van der Waals surface area contributed by atoms with Crippen LogP contribution in [0.25, 0.3) is 11.1 Å². The molecule has 1 amide bonds. The average Bonchev–Trinajstić information content (AvgIpc) is 3.08. The van der Waals surface area contributed by atoms with Gasteiger partial charge in [0.15, 0.2) is 5.58 Å². The average molecular weight is 424 g/mol. The Kier molecular flexibility index (Phi) is 5.85. The van der Waals surface area contributed by atoms with E-state index in [2.05, 4.69) is 11.9 Å². The van der Waals surface area contributed by atoms with Crippen LogP contribution in [0.2, 0.25) is 0 Å². The number of benzene rings is 2. The van der Waals surface area contributed by atoms with Crippen molar-refractivity contribution in [3.8, 4) is 0 Å². The number of piperazine rings is 1. The summed E-state index contributed by atoms with van der Waals surface area (Å²) in [6.07, 6.45) is 0.775. The minimum atomic E-state index is -0.579. The zero-order valence-electron chi connectivity index (χ0n) is 17.3. The van der Waals surface area contributed by atoms with Gasteiger partial charge in [0.25, 0.3) is 5.69 Å². The van der Waals surface area contributed by atoms with Crippen molar-refractivity contribution in [1.29, 1.82) is 0 Å². The van der Waals surface area contributed by atoms with E-state index in [1.807, 2.05) is 35.2 Å². The molecular weight excluding hydrogens is 400 g/mol. The van der Waals surface area contributed by atoms with Crippen LogP contribution in [0.15, 0.2) is 57.7 Å². The molecule has 3 aromatic rings. The first-order valence-corrected chi connectivity index (χ1v) is 10.2. The second-order valence-electron chi connectivity index (χ2n) is 7.81. The Hall–Kier alpha value is -3.46. The van der Waals surface area contributed by atoms with E-state index in [1.165, 1.54) is 22.8 Å². The zero-order valence-corrected chi connectivity index (χ0v) is 17.3. The Balaban J connectivity index is 1.44. The SMILES string of the molecule is CN1CCN(C(=O)CCCn2c(=O)oc3cc([N+](=O)[O-])ccc32)[C@H](c2ccccc2)C1. The topological polar surface area (TPSA) is 102 Å². The number of aryl methyl sites for hydroxylation is 1. The molecule has 4 rings (SSSR count). The number of rotatable bonds is 6. The maximum atomic E-state index is 13.0. The fourth-order valence-electron chi connectivity index (χ4n) is 4.09. The van der Waals surface area contributed by atoms with E-state index in [-0.39, 0.29) is 23.2 Å². The number of likely N-dealkylation sites (N-methyl/N-ethyl adjacent to an activating group) is 1. The van der Waals surface area contributed by atoms with Gasteiger partial charge in [0.05, 0.1) is 22.5 Å². The Morgan fingerprint density at radius 2 is 1.97 bits per heavy atom. The number of nitro groups is 1. The van der Waals surface area contributed by atoms with Crippen LogP contribution >= 0.6 is 0 Å². The van der Waals surface area contributed by atoms with Crippen molar-refractivity contribution in [3.63, 3.8) is 0 Å². The van der Waals surface area contributed by atoms with Gasteiger partial charge in [-0.25, -0.2) is 4.79 Å². The summed E-state index contributed by atoms with van der Waals surface area (Å²) in [5, 5.41) is 10.9. The van der Waals surface area contributed by atoms with Crippen molar-refractivity contribution in [1.82, 2.24) is 14.4 Å². The van der Waals surface area contributed by atoms with E-state index in [9.17, 15) is 19.7 Å².